The van der Waals surface area contributed by atoms with Crippen LogP contribution < -0.4 is 25.6 Å². The fraction of sp³-hybridized carbons (Fsp3) is 0.486. The van der Waals surface area contributed by atoms with E-state index in [2.05, 4.69) is 46.3 Å². The van der Waals surface area contributed by atoms with Gasteiger partial charge in [0.2, 0.25) is 5.95 Å². The molecule has 3 aromatic rings. The van der Waals surface area contributed by atoms with Crippen molar-refractivity contribution in [2.75, 3.05) is 82.4 Å². The Hall–Kier alpha value is -4.07. The van der Waals surface area contributed by atoms with Crippen LogP contribution in [-0.4, -0.2) is 115 Å². The van der Waals surface area contributed by atoms with Gasteiger partial charge in [0.15, 0.2) is 0 Å². The van der Waals surface area contributed by atoms with Gasteiger partial charge in [-0.2, -0.15) is 4.98 Å². The van der Waals surface area contributed by atoms with Crippen LogP contribution in [0.3, 0.4) is 0 Å². The molecule has 0 aliphatic carbocycles. The largest absolute Gasteiger partial charge is 0.508 e. The summed E-state index contributed by atoms with van der Waals surface area (Å²) < 4.78 is 30.1. The molecule has 0 radical (unpaired) electrons. The van der Waals surface area contributed by atoms with E-state index in [9.17, 15) is 19.3 Å². The van der Waals surface area contributed by atoms with Crippen LogP contribution in [-0.2, 0) is 14.0 Å². The van der Waals surface area contributed by atoms with Crippen molar-refractivity contribution in [3.8, 4) is 11.5 Å². The Kier molecular flexibility index (Phi) is 11.7. The summed E-state index contributed by atoms with van der Waals surface area (Å²) in [6, 6.07) is 8.51. The van der Waals surface area contributed by atoms with Gasteiger partial charge in [0.05, 0.1) is 41.3 Å². The number of phenols is 1. The number of carbonyl (C=O) groups is 2. The molecule has 2 aliphatic heterocycles. The summed E-state index contributed by atoms with van der Waals surface area (Å²) in [5.41, 5.74) is 1.56. The number of ether oxygens (including phenoxy) is 3. The van der Waals surface area contributed by atoms with E-state index in [-0.39, 0.29) is 17.8 Å². The molecule has 2 saturated heterocycles. The Morgan fingerprint density at radius 1 is 0.980 bits per heavy atom. The molecular weight excluding hydrogens is 741 g/mol. The zero-order valence-corrected chi connectivity index (χ0v) is 32.6. The fourth-order valence-corrected chi connectivity index (χ4v) is 7.72. The van der Waals surface area contributed by atoms with E-state index >= 15 is 0 Å². The standard InChI is InChI=1S/C35H47BrN7O7P/c1-35(2,3)50-34(46)43-16-14-41(15-17-43)22-10-12-42(13-11-22)28-20-29(48-4)27(19-24(28)32(45)49-5)39-33-37-21-25(36)31(40-33)38-26-9-8-23(44)18-30(26)51(6,7)47/h8-9,18-22,44H,10-17H2,1-7H3,(H2,37,38,39,40). The first kappa shape index (κ1) is 38.2. The highest BCUT2D eigenvalue weighted by Gasteiger charge is 2.32. The van der Waals surface area contributed by atoms with Gasteiger partial charge in [-0.15, -0.1) is 0 Å². The van der Waals surface area contributed by atoms with Crippen molar-refractivity contribution < 1.29 is 33.5 Å². The van der Waals surface area contributed by atoms with E-state index in [1.165, 1.54) is 19.2 Å². The molecule has 2 aliphatic rings. The third-order valence-corrected chi connectivity index (χ3v) is 10.9. The number of esters is 1. The van der Waals surface area contributed by atoms with Gasteiger partial charge in [0.1, 0.15) is 30.1 Å². The SMILES string of the molecule is COC(=O)c1cc(Nc2ncc(Br)c(Nc3ccc(O)cc3P(C)(C)=O)n2)c(OC)cc1N1CCC(N2CCN(C(=O)OC(C)(C)C)CC2)CC1. The lowest BCUT2D eigenvalue weighted by molar-refractivity contribution is 0.00898. The number of aromatic hydroxyl groups is 1. The van der Waals surface area contributed by atoms with Gasteiger partial charge in [-0.05, 0) is 87.1 Å². The molecule has 2 fully saturated rings. The normalized spacial score (nSPS) is 16.1. The molecule has 51 heavy (non-hydrogen) atoms. The summed E-state index contributed by atoms with van der Waals surface area (Å²) in [7, 11) is 0.159. The minimum absolute atomic E-state index is 0.0140. The van der Waals surface area contributed by atoms with E-state index in [0.717, 1.165) is 39.0 Å². The molecule has 2 aromatic carbocycles. The van der Waals surface area contributed by atoms with Crippen LogP contribution in [0.1, 0.15) is 44.0 Å². The van der Waals surface area contributed by atoms with Crippen molar-refractivity contribution in [3.63, 3.8) is 0 Å². The van der Waals surface area contributed by atoms with Crippen LogP contribution in [0.2, 0.25) is 0 Å². The van der Waals surface area contributed by atoms with E-state index in [1.807, 2.05) is 26.8 Å². The first-order valence-corrected chi connectivity index (χ1v) is 20.2. The monoisotopic (exact) mass is 787 g/mol. The molecule has 3 N–H and O–H groups in total. The van der Waals surface area contributed by atoms with E-state index < -0.39 is 18.7 Å². The van der Waals surface area contributed by atoms with Gasteiger partial charge in [-0.1, -0.05) is 0 Å². The summed E-state index contributed by atoms with van der Waals surface area (Å²) in [5.74, 6) is 0.619. The van der Waals surface area contributed by atoms with Gasteiger partial charge in [0, 0.05) is 62.9 Å². The van der Waals surface area contributed by atoms with Crippen LogP contribution in [0.15, 0.2) is 41.0 Å². The smallest absolute Gasteiger partial charge is 0.410 e. The molecule has 0 atom stereocenters. The average molecular weight is 789 g/mol. The second-order valence-corrected chi connectivity index (χ2v) is 18.0. The number of methoxy groups -OCH3 is 2. The van der Waals surface area contributed by atoms with E-state index in [0.29, 0.717) is 63.1 Å². The average Bonchev–Trinajstić information content (AvgIpc) is 3.09. The number of piperazine rings is 1. The van der Waals surface area contributed by atoms with Crippen LogP contribution >= 0.6 is 23.1 Å². The van der Waals surface area contributed by atoms with Gasteiger partial charge in [-0.3, -0.25) is 4.90 Å². The van der Waals surface area contributed by atoms with Gasteiger partial charge in [0.25, 0.3) is 0 Å². The maximum absolute atomic E-state index is 13.1. The maximum atomic E-state index is 13.1. The summed E-state index contributed by atoms with van der Waals surface area (Å²) in [5, 5.41) is 16.9. The van der Waals surface area contributed by atoms with Crippen molar-refractivity contribution in [2.24, 2.45) is 0 Å². The third-order valence-electron chi connectivity index (χ3n) is 8.82. The van der Waals surface area contributed by atoms with Crippen molar-refractivity contribution >= 4 is 69.3 Å². The summed E-state index contributed by atoms with van der Waals surface area (Å²) >= 11 is 3.48. The lowest BCUT2D eigenvalue weighted by Crippen LogP contribution is -2.55. The number of amides is 1. The molecule has 16 heteroatoms. The summed E-state index contributed by atoms with van der Waals surface area (Å²) in [4.78, 5) is 41.1. The van der Waals surface area contributed by atoms with Crippen LogP contribution in [0.4, 0.5) is 33.6 Å². The maximum Gasteiger partial charge on any atom is 0.410 e. The number of hydrogen-bond donors (Lipinski definition) is 3. The number of nitrogens with zero attached hydrogens (tertiary/aromatic N) is 5. The topological polar surface area (TPSA) is 159 Å². The zero-order valence-electron chi connectivity index (χ0n) is 30.2. The lowest BCUT2D eigenvalue weighted by Gasteiger charge is -2.43. The Balaban J connectivity index is 1.31. The minimum Gasteiger partial charge on any atom is -0.508 e. The summed E-state index contributed by atoms with van der Waals surface area (Å²) in [6.07, 6.45) is 3.09. The number of rotatable bonds is 9. The molecular formula is C35H47BrN7O7P. The second kappa shape index (κ2) is 15.7. The van der Waals surface area contributed by atoms with Crippen molar-refractivity contribution in [1.82, 2.24) is 19.8 Å². The Labute approximate surface area is 307 Å². The molecule has 1 amide bonds. The Morgan fingerprint density at radius 3 is 2.27 bits per heavy atom. The predicted octanol–water partition coefficient (Wildman–Crippen LogP) is 6.00. The number of aromatic nitrogens is 2. The molecule has 5 rings (SSSR count). The number of halogens is 1. The molecule has 14 nitrogen and oxygen atoms in total. The second-order valence-electron chi connectivity index (χ2n) is 14.0. The quantitative estimate of drug-likeness (QED) is 0.132. The highest BCUT2D eigenvalue weighted by atomic mass is 79.9. The molecule has 0 unspecified atom stereocenters. The third kappa shape index (κ3) is 9.43. The number of benzene rings is 2. The van der Waals surface area contributed by atoms with Crippen molar-refractivity contribution in [3.05, 3.63) is 46.6 Å². The Bertz CT molecular complexity index is 1800. The molecule has 276 valence electrons. The predicted molar refractivity (Wildman–Crippen MR) is 202 cm³/mol. The number of phenolic OH excluding ortho intramolecular Hbond substituents is 1. The minimum atomic E-state index is -2.75. The van der Waals surface area contributed by atoms with Crippen LogP contribution in [0.25, 0.3) is 0 Å². The Morgan fingerprint density at radius 2 is 1.67 bits per heavy atom. The summed E-state index contributed by atoms with van der Waals surface area (Å²) in [6.45, 7) is 13.2. The number of anilines is 5. The number of hydrogen-bond acceptors (Lipinski definition) is 13. The van der Waals surface area contributed by atoms with Gasteiger partial charge in [-0.25, -0.2) is 14.6 Å². The van der Waals surface area contributed by atoms with Crippen molar-refractivity contribution in [1.29, 1.82) is 0 Å². The zero-order chi connectivity index (χ0) is 37.1. The van der Waals surface area contributed by atoms with Crippen LogP contribution in [0.5, 0.6) is 11.5 Å². The van der Waals surface area contributed by atoms with E-state index in [1.54, 1.807) is 43.7 Å². The molecule has 3 heterocycles. The molecule has 0 bridgehead atoms. The number of piperidine rings is 1. The number of carbonyl (C=O) groups excluding carboxylic acids is 2. The van der Waals surface area contributed by atoms with E-state index in [4.69, 9.17) is 14.2 Å². The van der Waals surface area contributed by atoms with Gasteiger partial charge < -0.3 is 44.3 Å². The fourth-order valence-electron chi connectivity index (χ4n) is 6.27. The first-order chi connectivity index (χ1) is 24.1. The van der Waals surface area contributed by atoms with Gasteiger partial charge >= 0.3 is 12.1 Å². The van der Waals surface area contributed by atoms with Crippen molar-refractivity contribution in [2.45, 2.75) is 45.3 Å². The molecule has 0 saturated carbocycles. The highest BCUT2D eigenvalue weighted by Crippen LogP contribution is 2.41. The van der Waals surface area contributed by atoms with Crippen LogP contribution in [0, 0.1) is 0 Å². The molecule has 0 spiro atoms. The highest BCUT2D eigenvalue weighted by molar-refractivity contribution is 9.10. The lowest BCUT2D eigenvalue weighted by atomic mass is 10.00. The molecule has 1 aromatic heterocycles. The first-order valence-electron chi connectivity index (χ1n) is 16.8. The number of nitrogens with one attached hydrogen (secondary N) is 2.